The van der Waals surface area contributed by atoms with E-state index in [4.69, 9.17) is 47.4 Å². The predicted molar refractivity (Wildman–Crippen MR) is 139 cm³/mol. The molecule has 0 spiro atoms. The second kappa shape index (κ2) is 33.6. The average Bonchev–Trinajstić information content (AvgIpc) is 2.90. The summed E-state index contributed by atoms with van der Waals surface area (Å²) in [6, 6.07) is 0. The molecule has 0 saturated heterocycles. The van der Waals surface area contributed by atoms with E-state index in [-0.39, 0.29) is 6.61 Å². The van der Waals surface area contributed by atoms with Crippen molar-refractivity contribution in [3.05, 3.63) is 0 Å². The van der Waals surface area contributed by atoms with Crippen LogP contribution in [0.2, 0.25) is 0 Å². The van der Waals surface area contributed by atoms with Gasteiger partial charge in [0.15, 0.2) is 6.29 Å². The monoisotopic (exact) mass is 542 g/mol. The van der Waals surface area contributed by atoms with E-state index in [9.17, 15) is 5.11 Å². The molecule has 0 aromatic rings. The highest BCUT2D eigenvalue weighted by Gasteiger charge is 2.04. The van der Waals surface area contributed by atoms with Gasteiger partial charge in [0.1, 0.15) is 0 Å². The van der Waals surface area contributed by atoms with Crippen LogP contribution in [0, 0.1) is 0 Å². The quantitative estimate of drug-likeness (QED) is 0.0971. The SMILES string of the molecule is CCCCCCOCC(O)OCCOCCOCCOCCOCCOCCOCCOCCOCC. The second-order valence-electron chi connectivity index (χ2n) is 7.94. The standard InChI is InChI=1S/C26H54O11/c1-3-5-6-7-8-36-25-26(27)37-24-23-35-22-21-34-20-19-33-18-17-32-16-15-31-14-13-30-12-11-29-10-9-28-4-2/h26-27H,3-25H2,1-2H3. The van der Waals surface area contributed by atoms with Gasteiger partial charge in [-0.3, -0.25) is 0 Å². The molecule has 0 aromatic carbocycles. The van der Waals surface area contributed by atoms with E-state index in [1.165, 1.54) is 12.8 Å². The molecule has 0 aliphatic rings. The third-order valence-electron chi connectivity index (χ3n) is 4.75. The molecule has 0 aliphatic carbocycles. The predicted octanol–water partition coefficient (Wildman–Crippen LogP) is 2.07. The number of hydrogen-bond donors (Lipinski definition) is 1. The fourth-order valence-electron chi connectivity index (χ4n) is 2.79. The molecular formula is C26H54O11. The maximum absolute atomic E-state index is 9.67. The van der Waals surface area contributed by atoms with E-state index in [2.05, 4.69) is 6.92 Å². The Kier molecular flexibility index (Phi) is 33.2. The Hall–Kier alpha value is -0.440. The number of hydrogen-bond acceptors (Lipinski definition) is 11. The molecule has 0 aliphatic heterocycles. The van der Waals surface area contributed by atoms with Crippen LogP contribution in [-0.4, -0.2) is 137 Å². The lowest BCUT2D eigenvalue weighted by Gasteiger charge is -2.12. The lowest BCUT2D eigenvalue weighted by Crippen LogP contribution is -2.22. The third-order valence-corrected chi connectivity index (χ3v) is 4.75. The van der Waals surface area contributed by atoms with Crippen molar-refractivity contribution < 1.29 is 52.5 Å². The van der Waals surface area contributed by atoms with E-state index in [1.807, 2.05) is 6.92 Å². The summed E-state index contributed by atoms with van der Waals surface area (Å²) < 4.78 is 53.7. The molecule has 0 fully saturated rings. The van der Waals surface area contributed by atoms with Crippen molar-refractivity contribution in [1.29, 1.82) is 0 Å². The van der Waals surface area contributed by atoms with Crippen molar-refractivity contribution in [2.24, 2.45) is 0 Å². The Morgan fingerprint density at radius 1 is 0.405 bits per heavy atom. The normalized spacial score (nSPS) is 12.4. The molecule has 0 rings (SSSR count). The molecule has 37 heavy (non-hydrogen) atoms. The molecule has 0 bridgehead atoms. The fourth-order valence-corrected chi connectivity index (χ4v) is 2.79. The first-order valence-electron chi connectivity index (χ1n) is 13.8. The Morgan fingerprint density at radius 3 is 1.16 bits per heavy atom. The van der Waals surface area contributed by atoms with Gasteiger partial charge < -0.3 is 52.5 Å². The van der Waals surface area contributed by atoms with Crippen LogP contribution >= 0.6 is 0 Å². The van der Waals surface area contributed by atoms with Gasteiger partial charge in [-0.2, -0.15) is 0 Å². The first kappa shape index (κ1) is 36.6. The minimum atomic E-state index is -0.911. The van der Waals surface area contributed by atoms with Crippen LogP contribution in [0.3, 0.4) is 0 Å². The summed E-state index contributed by atoms with van der Waals surface area (Å²) in [7, 11) is 0. The van der Waals surface area contributed by atoms with Crippen LogP contribution in [0.25, 0.3) is 0 Å². The number of ether oxygens (including phenoxy) is 10. The Balaban J connectivity index is 3.08. The van der Waals surface area contributed by atoms with Crippen LogP contribution in [-0.2, 0) is 47.4 Å². The zero-order valence-electron chi connectivity index (χ0n) is 23.4. The van der Waals surface area contributed by atoms with E-state index in [0.29, 0.717) is 119 Å². The maximum atomic E-state index is 9.67. The van der Waals surface area contributed by atoms with Gasteiger partial charge in [0.25, 0.3) is 0 Å². The minimum Gasteiger partial charge on any atom is -0.379 e. The molecule has 1 unspecified atom stereocenters. The summed E-state index contributed by atoms with van der Waals surface area (Å²) in [5, 5.41) is 9.67. The summed E-state index contributed by atoms with van der Waals surface area (Å²) >= 11 is 0. The van der Waals surface area contributed by atoms with Gasteiger partial charge in [-0.1, -0.05) is 26.2 Å². The van der Waals surface area contributed by atoms with Gasteiger partial charge in [0, 0.05) is 13.2 Å². The number of unbranched alkanes of at least 4 members (excludes halogenated alkanes) is 3. The molecule has 0 radical (unpaired) electrons. The third kappa shape index (κ3) is 33.5. The second-order valence-corrected chi connectivity index (χ2v) is 7.94. The van der Waals surface area contributed by atoms with Crippen molar-refractivity contribution in [3.8, 4) is 0 Å². The topological polar surface area (TPSA) is 113 Å². The van der Waals surface area contributed by atoms with Crippen LogP contribution < -0.4 is 0 Å². The minimum absolute atomic E-state index is 0.191. The molecule has 224 valence electrons. The van der Waals surface area contributed by atoms with E-state index >= 15 is 0 Å². The van der Waals surface area contributed by atoms with Crippen LogP contribution in [0.1, 0.15) is 39.5 Å². The van der Waals surface area contributed by atoms with Gasteiger partial charge in [-0.25, -0.2) is 0 Å². The summed E-state index contributed by atoms with van der Waals surface area (Å²) in [4.78, 5) is 0. The molecule has 0 amide bonds. The zero-order chi connectivity index (χ0) is 26.9. The highest BCUT2D eigenvalue weighted by atomic mass is 16.6. The molecule has 0 heterocycles. The van der Waals surface area contributed by atoms with E-state index in [1.54, 1.807) is 0 Å². The largest absolute Gasteiger partial charge is 0.379 e. The number of aliphatic hydroxyl groups excluding tert-OH is 1. The van der Waals surface area contributed by atoms with Crippen molar-refractivity contribution in [2.45, 2.75) is 45.8 Å². The fraction of sp³-hybridized carbons (Fsp3) is 1.00. The van der Waals surface area contributed by atoms with E-state index < -0.39 is 6.29 Å². The van der Waals surface area contributed by atoms with Crippen molar-refractivity contribution in [3.63, 3.8) is 0 Å². The summed E-state index contributed by atoms with van der Waals surface area (Å²) in [6.07, 6.45) is 3.68. The molecule has 1 atom stereocenters. The highest BCUT2D eigenvalue weighted by molar-refractivity contribution is 4.43. The van der Waals surface area contributed by atoms with E-state index in [0.717, 1.165) is 12.8 Å². The summed E-state index contributed by atoms with van der Waals surface area (Å²) in [5.41, 5.74) is 0. The molecule has 0 aromatic heterocycles. The lowest BCUT2D eigenvalue weighted by atomic mass is 10.2. The Labute approximate surface area is 224 Å². The van der Waals surface area contributed by atoms with Gasteiger partial charge in [-0.15, -0.1) is 0 Å². The summed E-state index contributed by atoms with van der Waals surface area (Å²) in [6.45, 7) is 13.8. The lowest BCUT2D eigenvalue weighted by molar-refractivity contribution is -0.147. The molecule has 1 N–H and O–H groups in total. The van der Waals surface area contributed by atoms with Crippen molar-refractivity contribution >= 4 is 0 Å². The Bertz CT molecular complexity index is 405. The van der Waals surface area contributed by atoms with Crippen molar-refractivity contribution in [1.82, 2.24) is 0 Å². The number of rotatable bonds is 33. The first-order valence-corrected chi connectivity index (χ1v) is 13.8. The van der Waals surface area contributed by atoms with Gasteiger partial charge in [0.2, 0.25) is 0 Å². The highest BCUT2D eigenvalue weighted by Crippen LogP contribution is 1.99. The molecule has 11 heteroatoms. The Morgan fingerprint density at radius 2 is 0.784 bits per heavy atom. The molecule has 0 saturated carbocycles. The van der Waals surface area contributed by atoms with Gasteiger partial charge >= 0.3 is 0 Å². The molecule has 11 nitrogen and oxygen atoms in total. The van der Waals surface area contributed by atoms with Crippen LogP contribution in [0.15, 0.2) is 0 Å². The maximum Gasteiger partial charge on any atom is 0.178 e. The zero-order valence-corrected chi connectivity index (χ0v) is 23.4. The molecular weight excluding hydrogens is 488 g/mol. The van der Waals surface area contributed by atoms with Crippen LogP contribution in [0.4, 0.5) is 0 Å². The number of aliphatic hydroxyl groups is 1. The van der Waals surface area contributed by atoms with Crippen molar-refractivity contribution in [2.75, 3.05) is 126 Å². The van der Waals surface area contributed by atoms with Gasteiger partial charge in [0.05, 0.1) is 112 Å². The average molecular weight is 543 g/mol. The van der Waals surface area contributed by atoms with Crippen LogP contribution in [0.5, 0.6) is 0 Å². The summed E-state index contributed by atoms with van der Waals surface area (Å²) in [5.74, 6) is 0. The first-order chi connectivity index (χ1) is 18.3. The smallest absolute Gasteiger partial charge is 0.178 e. The van der Waals surface area contributed by atoms with Gasteiger partial charge in [-0.05, 0) is 13.3 Å².